The van der Waals surface area contributed by atoms with E-state index in [0.717, 1.165) is 18.7 Å². The number of aryl methyl sites for hydroxylation is 3. The molecule has 1 heterocycles. The quantitative estimate of drug-likeness (QED) is 0.655. The lowest BCUT2D eigenvalue weighted by atomic mass is 9.95. The minimum atomic E-state index is 0.952. The molecule has 0 fully saturated rings. The first kappa shape index (κ1) is 8.67. The third-order valence-electron chi connectivity index (χ3n) is 2.75. The second-order valence-electron chi connectivity index (χ2n) is 3.71. The molecule has 1 aliphatic carbocycles. The summed E-state index contributed by atoms with van der Waals surface area (Å²) in [4.78, 5) is 9.08. The standard InChI is InChI=1S/C11H16N2/c1-3-11-12-8(2)9-6-4-5-7-10(9)13-11/h3-7H2,1-2H3. The highest BCUT2D eigenvalue weighted by Crippen LogP contribution is 2.21. The third kappa shape index (κ3) is 1.58. The molecule has 1 aromatic rings. The van der Waals surface area contributed by atoms with Crippen LogP contribution in [0.3, 0.4) is 0 Å². The predicted molar refractivity (Wildman–Crippen MR) is 52.8 cm³/mol. The summed E-state index contributed by atoms with van der Waals surface area (Å²) in [7, 11) is 0. The Morgan fingerprint density at radius 3 is 2.69 bits per heavy atom. The molecule has 2 nitrogen and oxygen atoms in total. The van der Waals surface area contributed by atoms with Gasteiger partial charge in [-0.25, -0.2) is 9.97 Å². The number of rotatable bonds is 1. The highest BCUT2D eigenvalue weighted by atomic mass is 14.9. The molecule has 0 atom stereocenters. The van der Waals surface area contributed by atoms with E-state index in [2.05, 4.69) is 23.8 Å². The number of fused-ring (bicyclic) bond motifs is 1. The summed E-state index contributed by atoms with van der Waals surface area (Å²) in [6.07, 6.45) is 5.90. The van der Waals surface area contributed by atoms with Crippen molar-refractivity contribution >= 4 is 0 Å². The molecule has 0 aliphatic heterocycles. The molecule has 0 saturated heterocycles. The van der Waals surface area contributed by atoms with E-state index in [1.165, 1.54) is 36.2 Å². The van der Waals surface area contributed by atoms with Crippen LogP contribution >= 0.6 is 0 Å². The molecular weight excluding hydrogens is 160 g/mol. The molecule has 0 aromatic carbocycles. The minimum Gasteiger partial charge on any atom is -0.238 e. The Labute approximate surface area is 79.4 Å². The monoisotopic (exact) mass is 176 g/mol. The van der Waals surface area contributed by atoms with E-state index in [1.807, 2.05) is 0 Å². The molecule has 0 spiro atoms. The first-order valence-electron chi connectivity index (χ1n) is 5.16. The first-order valence-corrected chi connectivity index (χ1v) is 5.16. The highest BCUT2D eigenvalue weighted by molar-refractivity contribution is 5.27. The summed E-state index contributed by atoms with van der Waals surface area (Å²) < 4.78 is 0. The largest absolute Gasteiger partial charge is 0.238 e. The zero-order chi connectivity index (χ0) is 9.26. The fraction of sp³-hybridized carbons (Fsp3) is 0.636. The van der Waals surface area contributed by atoms with Crippen LogP contribution in [-0.2, 0) is 19.3 Å². The molecule has 0 N–H and O–H groups in total. The smallest absolute Gasteiger partial charge is 0.128 e. The Kier molecular flexibility index (Phi) is 2.30. The summed E-state index contributed by atoms with van der Waals surface area (Å²) in [6, 6.07) is 0. The van der Waals surface area contributed by atoms with Gasteiger partial charge in [0.1, 0.15) is 5.82 Å². The van der Waals surface area contributed by atoms with Gasteiger partial charge in [0.2, 0.25) is 0 Å². The minimum absolute atomic E-state index is 0.952. The van der Waals surface area contributed by atoms with Gasteiger partial charge in [-0.1, -0.05) is 6.92 Å². The summed E-state index contributed by atoms with van der Waals surface area (Å²) >= 11 is 0. The van der Waals surface area contributed by atoms with E-state index in [0.29, 0.717) is 0 Å². The average molecular weight is 176 g/mol. The zero-order valence-corrected chi connectivity index (χ0v) is 8.43. The van der Waals surface area contributed by atoms with Gasteiger partial charge in [-0.15, -0.1) is 0 Å². The van der Waals surface area contributed by atoms with E-state index in [1.54, 1.807) is 0 Å². The number of aromatic nitrogens is 2. The van der Waals surface area contributed by atoms with E-state index in [9.17, 15) is 0 Å². The highest BCUT2D eigenvalue weighted by Gasteiger charge is 2.14. The Hall–Kier alpha value is -0.920. The fourth-order valence-electron chi connectivity index (χ4n) is 2.00. The van der Waals surface area contributed by atoms with Crippen LogP contribution in [0.15, 0.2) is 0 Å². The van der Waals surface area contributed by atoms with Crippen molar-refractivity contribution in [2.45, 2.75) is 46.0 Å². The van der Waals surface area contributed by atoms with Crippen molar-refractivity contribution in [3.8, 4) is 0 Å². The molecule has 0 saturated carbocycles. The van der Waals surface area contributed by atoms with E-state index >= 15 is 0 Å². The van der Waals surface area contributed by atoms with Gasteiger partial charge in [0.15, 0.2) is 0 Å². The molecule has 1 aliphatic rings. The number of nitrogens with zero attached hydrogens (tertiary/aromatic N) is 2. The van der Waals surface area contributed by atoms with E-state index in [4.69, 9.17) is 0 Å². The number of hydrogen-bond acceptors (Lipinski definition) is 2. The Balaban J connectivity index is 2.47. The van der Waals surface area contributed by atoms with Crippen molar-refractivity contribution in [3.63, 3.8) is 0 Å². The van der Waals surface area contributed by atoms with Crippen LogP contribution in [0.25, 0.3) is 0 Å². The first-order chi connectivity index (χ1) is 6.31. The second kappa shape index (κ2) is 3.44. The molecule has 0 amide bonds. The van der Waals surface area contributed by atoms with Crippen LogP contribution in [0, 0.1) is 6.92 Å². The average Bonchev–Trinajstić information content (AvgIpc) is 2.18. The van der Waals surface area contributed by atoms with Crippen molar-refractivity contribution in [1.29, 1.82) is 0 Å². The lowest BCUT2D eigenvalue weighted by molar-refractivity contribution is 0.648. The number of hydrogen-bond donors (Lipinski definition) is 0. The lowest BCUT2D eigenvalue weighted by Crippen LogP contribution is -2.11. The van der Waals surface area contributed by atoms with Gasteiger partial charge >= 0.3 is 0 Å². The van der Waals surface area contributed by atoms with Gasteiger partial charge < -0.3 is 0 Å². The fourth-order valence-corrected chi connectivity index (χ4v) is 2.00. The van der Waals surface area contributed by atoms with Gasteiger partial charge in [-0.2, -0.15) is 0 Å². The van der Waals surface area contributed by atoms with Crippen molar-refractivity contribution in [2.24, 2.45) is 0 Å². The molecule has 13 heavy (non-hydrogen) atoms. The molecule has 70 valence electrons. The maximum Gasteiger partial charge on any atom is 0.128 e. The van der Waals surface area contributed by atoms with Crippen LogP contribution in [-0.4, -0.2) is 9.97 Å². The molecule has 1 aromatic heterocycles. The van der Waals surface area contributed by atoms with Crippen LogP contribution < -0.4 is 0 Å². The van der Waals surface area contributed by atoms with Crippen LogP contribution in [0.4, 0.5) is 0 Å². The van der Waals surface area contributed by atoms with E-state index < -0.39 is 0 Å². The topological polar surface area (TPSA) is 25.8 Å². The molecule has 0 radical (unpaired) electrons. The summed E-state index contributed by atoms with van der Waals surface area (Å²) in [5.74, 6) is 1.01. The Morgan fingerprint density at radius 2 is 1.92 bits per heavy atom. The lowest BCUT2D eigenvalue weighted by Gasteiger charge is -2.16. The summed E-state index contributed by atoms with van der Waals surface area (Å²) in [5.41, 5.74) is 3.94. The second-order valence-corrected chi connectivity index (χ2v) is 3.71. The maximum absolute atomic E-state index is 4.58. The van der Waals surface area contributed by atoms with Crippen molar-refractivity contribution in [1.82, 2.24) is 9.97 Å². The van der Waals surface area contributed by atoms with Gasteiger partial charge in [0.25, 0.3) is 0 Å². The van der Waals surface area contributed by atoms with Crippen molar-refractivity contribution in [3.05, 3.63) is 22.8 Å². The van der Waals surface area contributed by atoms with Gasteiger partial charge in [-0.3, -0.25) is 0 Å². The molecule has 0 unspecified atom stereocenters. The molecule has 2 heteroatoms. The zero-order valence-electron chi connectivity index (χ0n) is 8.43. The van der Waals surface area contributed by atoms with Gasteiger partial charge in [0, 0.05) is 17.8 Å². The Morgan fingerprint density at radius 1 is 1.15 bits per heavy atom. The molecule has 0 bridgehead atoms. The molecule has 2 rings (SSSR count). The predicted octanol–water partition coefficient (Wildman–Crippen LogP) is 2.23. The SMILES string of the molecule is CCc1nc(C)c2c(n1)CCCC2. The van der Waals surface area contributed by atoms with Crippen LogP contribution in [0.1, 0.15) is 42.5 Å². The van der Waals surface area contributed by atoms with Gasteiger partial charge in [0.05, 0.1) is 0 Å². The Bertz CT molecular complexity index is 318. The van der Waals surface area contributed by atoms with Crippen LogP contribution in [0.5, 0.6) is 0 Å². The summed E-state index contributed by atoms with van der Waals surface area (Å²) in [6.45, 7) is 4.23. The van der Waals surface area contributed by atoms with Gasteiger partial charge in [-0.05, 0) is 38.2 Å². The van der Waals surface area contributed by atoms with Crippen molar-refractivity contribution < 1.29 is 0 Å². The van der Waals surface area contributed by atoms with Crippen LogP contribution in [0.2, 0.25) is 0 Å². The third-order valence-corrected chi connectivity index (χ3v) is 2.75. The van der Waals surface area contributed by atoms with Crippen molar-refractivity contribution in [2.75, 3.05) is 0 Å². The molecular formula is C11H16N2. The summed E-state index contributed by atoms with van der Waals surface area (Å²) in [5, 5.41) is 0. The maximum atomic E-state index is 4.58. The van der Waals surface area contributed by atoms with E-state index in [-0.39, 0.29) is 0 Å². The normalized spacial score (nSPS) is 15.5.